The van der Waals surface area contributed by atoms with Crippen LogP contribution in [0.1, 0.15) is 16.7 Å². The number of rotatable bonds is 7. The summed E-state index contributed by atoms with van der Waals surface area (Å²) in [5, 5.41) is 15.8. The van der Waals surface area contributed by atoms with Gasteiger partial charge < -0.3 is 15.4 Å². The largest absolute Gasteiger partial charge is 0.483 e. The van der Waals surface area contributed by atoms with Crippen LogP contribution in [0.4, 0.5) is 11.4 Å². The van der Waals surface area contributed by atoms with Gasteiger partial charge in [0.05, 0.1) is 0 Å². The fraction of sp³-hybridized carbons (Fsp3) is 0.115. The second-order valence-corrected chi connectivity index (χ2v) is 8.34. The highest BCUT2D eigenvalue weighted by atomic mass is 35.5. The molecule has 0 aliphatic carbocycles. The Morgan fingerprint density at radius 2 is 1.76 bits per heavy atom. The Balaban J connectivity index is 1.76. The molecule has 0 atom stereocenters. The second-order valence-electron chi connectivity index (χ2n) is 7.47. The van der Waals surface area contributed by atoms with E-state index in [4.69, 9.17) is 27.9 Å². The Morgan fingerprint density at radius 1 is 1.00 bits per heavy atom. The molecule has 34 heavy (non-hydrogen) atoms. The van der Waals surface area contributed by atoms with Gasteiger partial charge in [0.1, 0.15) is 17.4 Å². The summed E-state index contributed by atoms with van der Waals surface area (Å²) in [4.78, 5) is 25.0. The molecule has 0 radical (unpaired) electrons. The number of aryl methyl sites for hydroxylation is 2. The molecule has 3 aromatic rings. The van der Waals surface area contributed by atoms with Gasteiger partial charge >= 0.3 is 0 Å². The number of halogens is 2. The van der Waals surface area contributed by atoms with Crippen molar-refractivity contribution in [3.05, 3.63) is 93.0 Å². The minimum absolute atomic E-state index is 0.174. The topological polar surface area (TPSA) is 91.2 Å². The van der Waals surface area contributed by atoms with E-state index in [1.165, 1.54) is 6.08 Å². The maximum absolute atomic E-state index is 12.6. The molecule has 0 unspecified atom stereocenters. The fourth-order valence-electron chi connectivity index (χ4n) is 3.03. The Labute approximate surface area is 207 Å². The maximum atomic E-state index is 12.6. The summed E-state index contributed by atoms with van der Waals surface area (Å²) < 4.78 is 5.68. The lowest BCUT2D eigenvalue weighted by Gasteiger charge is -2.12. The summed E-state index contributed by atoms with van der Waals surface area (Å²) in [6, 6.07) is 18.9. The molecule has 0 aliphatic heterocycles. The number of nitrogens with one attached hydrogen (secondary N) is 2. The normalized spacial score (nSPS) is 10.9. The number of carbonyl (C=O) groups is 2. The molecule has 8 heteroatoms. The van der Waals surface area contributed by atoms with Crippen LogP contribution in [0, 0.1) is 25.2 Å². The summed E-state index contributed by atoms with van der Waals surface area (Å²) >= 11 is 12.1. The summed E-state index contributed by atoms with van der Waals surface area (Å²) in [6.07, 6.45) is 1.35. The van der Waals surface area contributed by atoms with Crippen LogP contribution in [-0.4, -0.2) is 18.4 Å². The lowest BCUT2D eigenvalue weighted by molar-refractivity contribution is -0.118. The zero-order valence-electron chi connectivity index (χ0n) is 18.5. The Morgan fingerprint density at radius 3 is 2.50 bits per heavy atom. The zero-order chi connectivity index (χ0) is 24.7. The summed E-state index contributed by atoms with van der Waals surface area (Å²) in [7, 11) is 0. The van der Waals surface area contributed by atoms with Gasteiger partial charge in [0.25, 0.3) is 11.8 Å². The van der Waals surface area contributed by atoms with Gasteiger partial charge in [-0.15, -0.1) is 0 Å². The number of hydrogen-bond donors (Lipinski definition) is 2. The van der Waals surface area contributed by atoms with Crippen molar-refractivity contribution in [3.8, 4) is 11.8 Å². The van der Waals surface area contributed by atoms with E-state index < -0.39 is 5.91 Å². The molecule has 0 saturated carbocycles. The van der Waals surface area contributed by atoms with Crippen LogP contribution in [0.15, 0.2) is 66.2 Å². The van der Waals surface area contributed by atoms with Gasteiger partial charge in [-0.3, -0.25) is 9.59 Å². The zero-order valence-corrected chi connectivity index (χ0v) is 20.0. The molecular weight excluding hydrogens is 473 g/mol. The van der Waals surface area contributed by atoms with E-state index in [2.05, 4.69) is 10.6 Å². The summed E-state index contributed by atoms with van der Waals surface area (Å²) in [5.41, 5.74) is 3.31. The first-order valence-electron chi connectivity index (χ1n) is 10.2. The van der Waals surface area contributed by atoms with Crippen molar-refractivity contribution in [2.45, 2.75) is 13.8 Å². The predicted molar refractivity (Wildman–Crippen MR) is 135 cm³/mol. The highest BCUT2D eigenvalue weighted by Gasteiger charge is 2.13. The molecule has 0 spiro atoms. The first-order chi connectivity index (χ1) is 16.2. The second kappa shape index (κ2) is 11.4. The highest BCUT2D eigenvalue weighted by Crippen LogP contribution is 2.26. The number of carbonyl (C=O) groups excluding carboxylic acids is 2. The first-order valence-corrected chi connectivity index (χ1v) is 11.0. The van der Waals surface area contributed by atoms with E-state index in [0.717, 1.165) is 11.1 Å². The van der Waals surface area contributed by atoms with Crippen molar-refractivity contribution in [2.75, 3.05) is 17.2 Å². The van der Waals surface area contributed by atoms with E-state index in [-0.39, 0.29) is 18.1 Å². The third kappa shape index (κ3) is 6.85. The lowest BCUT2D eigenvalue weighted by atomic mass is 10.1. The molecule has 6 nitrogen and oxygen atoms in total. The molecule has 0 saturated heterocycles. The average Bonchev–Trinajstić information content (AvgIpc) is 2.79. The van der Waals surface area contributed by atoms with Crippen molar-refractivity contribution in [2.24, 2.45) is 0 Å². The van der Waals surface area contributed by atoms with Gasteiger partial charge in [0.15, 0.2) is 6.61 Å². The summed E-state index contributed by atoms with van der Waals surface area (Å²) in [5.74, 6) is -0.676. The van der Waals surface area contributed by atoms with Gasteiger partial charge in [-0.05, 0) is 73.5 Å². The first kappa shape index (κ1) is 24.8. The molecule has 0 bridgehead atoms. The molecule has 3 rings (SSSR count). The third-order valence-corrected chi connectivity index (χ3v) is 5.22. The minimum atomic E-state index is -0.622. The Hall–Kier alpha value is -3.79. The van der Waals surface area contributed by atoms with Gasteiger partial charge in [-0.2, -0.15) is 5.26 Å². The van der Waals surface area contributed by atoms with Crippen LogP contribution in [-0.2, 0) is 9.59 Å². The predicted octanol–water partition coefficient (Wildman–Crippen LogP) is 6.17. The highest BCUT2D eigenvalue weighted by molar-refractivity contribution is 6.31. The molecule has 172 valence electrons. The number of ether oxygens (including phenoxy) is 1. The molecule has 0 aromatic heterocycles. The van der Waals surface area contributed by atoms with Crippen LogP contribution in [0.2, 0.25) is 10.0 Å². The molecule has 2 amide bonds. The molecule has 2 N–H and O–H groups in total. The Kier molecular flexibility index (Phi) is 8.31. The van der Waals surface area contributed by atoms with Crippen LogP contribution < -0.4 is 15.4 Å². The molecular formula is C26H21Cl2N3O3. The van der Waals surface area contributed by atoms with Crippen molar-refractivity contribution >= 4 is 52.5 Å². The van der Waals surface area contributed by atoms with E-state index in [0.29, 0.717) is 32.7 Å². The third-order valence-electron chi connectivity index (χ3n) is 4.75. The van der Waals surface area contributed by atoms with Crippen molar-refractivity contribution < 1.29 is 14.3 Å². The molecule has 0 aliphatic rings. The van der Waals surface area contributed by atoms with E-state index in [9.17, 15) is 14.9 Å². The SMILES string of the molecule is Cc1ccc(C)c(NC(=O)COc2ccc(Cl)cc2/C=C(/C#N)C(=O)Nc2cccc(Cl)c2)c1. The number of anilines is 2. The quantitative estimate of drug-likeness (QED) is 0.304. The average molecular weight is 494 g/mol. The molecule has 0 fully saturated rings. The van der Waals surface area contributed by atoms with Crippen molar-refractivity contribution in [1.82, 2.24) is 0 Å². The van der Waals surface area contributed by atoms with Gasteiger partial charge in [0.2, 0.25) is 0 Å². The fourth-order valence-corrected chi connectivity index (χ4v) is 3.40. The Bertz CT molecular complexity index is 1310. The lowest BCUT2D eigenvalue weighted by Crippen LogP contribution is -2.21. The van der Waals surface area contributed by atoms with Crippen LogP contribution in [0.3, 0.4) is 0 Å². The summed E-state index contributed by atoms with van der Waals surface area (Å²) in [6.45, 7) is 3.57. The van der Waals surface area contributed by atoms with Crippen LogP contribution in [0.5, 0.6) is 5.75 Å². The smallest absolute Gasteiger partial charge is 0.266 e. The van der Waals surface area contributed by atoms with E-state index >= 15 is 0 Å². The molecule has 0 heterocycles. The number of amides is 2. The van der Waals surface area contributed by atoms with Crippen molar-refractivity contribution in [3.63, 3.8) is 0 Å². The van der Waals surface area contributed by atoms with E-state index in [1.807, 2.05) is 38.1 Å². The number of benzene rings is 3. The number of hydrogen-bond acceptors (Lipinski definition) is 4. The van der Waals surface area contributed by atoms with Crippen LogP contribution in [0.25, 0.3) is 6.08 Å². The minimum Gasteiger partial charge on any atom is -0.483 e. The van der Waals surface area contributed by atoms with Gasteiger partial charge in [0, 0.05) is 27.0 Å². The van der Waals surface area contributed by atoms with Gasteiger partial charge in [-0.1, -0.05) is 41.4 Å². The number of nitriles is 1. The van der Waals surface area contributed by atoms with E-state index in [1.54, 1.807) is 42.5 Å². The monoisotopic (exact) mass is 493 g/mol. The van der Waals surface area contributed by atoms with Crippen LogP contribution >= 0.6 is 23.2 Å². The van der Waals surface area contributed by atoms with Crippen molar-refractivity contribution in [1.29, 1.82) is 5.26 Å². The van der Waals surface area contributed by atoms with Gasteiger partial charge in [-0.25, -0.2) is 0 Å². The number of nitrogens with zero attached hydrogens (tertiary/aromatic N) is 1. The molecule has 3 aromatic carbocycles. The standard InChI is InChI=1S/C26H21Cl2N3O3/c1-16-6-7-17(2)23(10-16)31-25(32)15-34-24-9-8-21(28)12-18(24)11-19(14-29)26(33)30-22-5-3-4-20(27)13-22/h3-13H,15H2,1-2H3,(H,30,33)(H,31,32)/b19-11-. The maximum Gasteiger partial charge on any atom is 0.266 e.